The van der Waals surface area contributed by atoms with Crippen LogP contribution >= 0.6 is 0 Å². The van der Waals surface area contributed by atoms with E-state index >= 15 is 0 Å². The molecule has 3 N–H and O–H groups in total. The van der Waals surface area contributed by atoms with E-state index in [1.54, 1.807) is 11.1 Å². The normalized spacial score (nSPS) is 26.1. The molecule has 258 valence electrons. The van der Waals surface area contributed by atoms with Crippen LogP contribution in [-0.2, 0) is 43.0 Å². The number of unbranched alkanes of at least 4 members (excludes halogenated alkanes) is 2. The number of aryl methyl sites for hydroxylation is 2. The van der Waals surface area contributed by atoms with Gasteiger partial charge in [-0.25, -0.2) is 4.79 Å². The fraction of sp³-hybridized carbons (Fsp3) is 0.711. The first-order chi connectivity index (χ1) is 22.3. The van der Waals surface area contributed by atoms with E-state index < -0.39 is 37.7 Å². The number of carbonyl (C=O) groups excluding carboxylic acids is 1. The van der Waals surface area contributed by atoms with Crippen molar-refractivity contribution in [3.8, 4) is 0 Å². The van der Waals surface area contributed by atoms with Crippen LogP contribution in [0.15, 0.2) is 42.5 Å². The van der Waals surface area contributed by atoms with Crippen molar-refractivity contribution in [2.75, 3.05) is 39.6 Å². The molecule has 8 heteroatoms. The number of fused-ring (bicyclic) bond motifs is 1. The molecule has 1 heterocycles. The van der Waals surface area contributed by atoms with E-state index in [9.17, 15) is 15.0 Å². The predicted octanol–water partition coefficient (Wildman–Crippen LogP) is 5.69. The largest absolute Gasteiger partial charge is 0.462 e. The first-order valence-electron chi connectivity index (χ1n) is 17.7. The van der Waals surface area contributed by atoms with Gasteiger partial charge in [-0.05, 0) is 85.8 Å². The average Bonchev–Trinajstić information content (AvgIpc) is 3.10. The smallest absolute Gasteiger partial charge is 0.335 e. The molecule has 46 heavy (non-hydrogen) atoms. The summed E-state index contributed by atoms with van der Waals surface area (Å²) in [6.07, 6.45) is 14.5. The first-order valence-corrected chi connectivity index (χ1v) is 17.7. The second kappa shape index (κ2) is 19.1. The van der Waals surface area contributed by atoms with Gasteiger partial charge in [0.1, 0.15) is 6.61 Å². The van der Waals surface area contributed by atoms with Crippen LogP contribution in [0.5, 0.6) is 0 Å². The number of benzene rings is 1. The Kier molecular flexibility index (Phi) is 15.2. The van der Waals surface area contributed by atoms with E-state index in [0.29, 0.717) is 25.0 Å². The van der Waals surface area contributed by atoms with Crippen molar-refractivity contribution >= 4 is 5.97 Å². The third-order valence-electron chi connectivity index (χ3n) is 10.5. The van der Waals surface area contributed by atoms with Gasteiger partial charge in [0.2, 0.25) is 0 Å². The second-order valence-electron chi connectivity index (χ2n) is 13.9. The van der Waals surface area contributed by atoms with Crippen molar-refractivity contribution in [1.29, 1.82) is 0 Å². The summed E-state index contributed by atoms with van der Waals surface area (Å²) >= 11 is 0. The molecule has 1 aliphatic heterocycles. The van der Waals surface area contributed by atoms with Gasteiger partial charge in [-0.1, -0.05) is 70.4 Å². The minimum absolute atomic E-state index is 0.0355. The Balaban J connectivity index is 1.17. The number of rotatable bonds is 18. The summed E-state index contributed by atoms with van der Waals surface area (Å²) in [7, 11) is 0. The lowest BCUT2D eigenvalue weighted by Gasteiger charge is -2.39. The van der Waals surface area contributed by atoms with Crippen LogP contribution in [0.1, 0.15) is 87.8 Å². The summed E-state index contributed by atoms with van der Waals surface area (Å²) in [6.45, 7) is 9.43. The van der Waals surface area contributed by atoms with Crippen molar-refractivity contribution in [3.63, 3.8) is 0 Å². The fourth-order valence-corrected chi connectivity index (χ4v) is 7.33. The minimum atomic E-state index is -1.36. The molecule has 0 aromatic heterocycles. The van der Waals surface area contributed by atoms with Crippen LogP contribution in [0.25, 0.3) is 0 Å². The molecule has 2 aliphatic carbocycles. The van der Waals surface area contributed by atoms with Crippen molar-refractivity contribution in [1.82, 2.24) is 0 Å². The van der Waals surface area contributed by atoms with E-state index in [2.05, 4.69) is 38.3 Å². The lowest BCUT2D eigenvalue weighted by molar-refractivity contribution is -0.249. The number of aliphatic hydroxyl groups is 3. The first kappa shape index (κ1) is 36.8. The zero-order valence-electron chi connectivity index (χ0n) is 28.0. The highest BCUT2D eigenvalue weighted by molar-refractivity contribution is 5.87. The maximum absolute atomic E-state index is 12.1. The molecule has 0 radical (unpaired) electrons. The van der Waals surface area contributed by atoms with Gasteiger partial charge in [0.05, 0.1) is 44.5 Å². The fourth-order valence-electron chi connectivity index (χ4n) is 7.33. The molecule has 1 aromatic rings. The zero-order valence-corrected chi connectivity index (χ0v) is 28.0. The quantitative estimate of drug-likeness (QED) is 0.0615. The van der Waals surface area contributed by atoms with Crippen LogP contribution in [0.3, 0.4) is 0 Å². The van der Waals surface area contributed by atoms with Crippen LogP contribution in [0.4, 0.5) is 0 Å². The Morgan fingerprint density at radius 1 is 0.935 bits per heavy atom. The van der Waals surface area contributed by atoms with E-state index in [1.165, 1.54) is 89.0 Å². The number of aliphatic hydroxyl groups excluding tert-OH is 3. The van der Waals surface area contributed by atoms with Crippen LogP contribution in [0.2, 0.25) is 0 Å². The maximum Gasteiger partial charge on any atom is 0.335 e. The van der Waals surface area contributed by atoms with Gasteiger partial charge in [0.25, 0.3) is 0 Å². The van der Waals surface area contributed by atoms with Gasteiger partial charge in [-0.15, -0.1) is 0 Å². The third-order valence-corrected chi connectivity index (χ3v) is 10.5. The van der Waals surface area contributed by atoms with Gasteiger partial charge in [-0.2, -0.15) is 0 Å². The van der Waals surface area contributed by atoms with E-state index in [-0.39, 0.29) is 24.4 Å². The molecule has 4 rings (SSSR count). The van der Waals surface area contributed by atoms with Gasteiger partial charge in [0.15, 0.2) is 12.6 Å². The number of hydrogen-bond donors (Lipinski definition) is 3. The molecule has 0 bridgehead atoms. The van der Waals surface area contributed by atoms with Crippen molar-refractivity contribution in [2.24, 2.45) is 29.6 Å². The third kappa shape index (κ3) is 11.0. The Bertz CT molecular complexity index is 1100. The molecular weight excluding hydrogens is 584 g/mol. The Hall–Kier alpha value is -2.07. The molecule has 8 nitrogen and oxygen atoms in total. The number of esters is 1. The lowest BCUT2D eigenvalue weighted by Crippen LogP contribution is -2.44. The van der Waals surface area contributed by atoms with Gasteiger partial charge in [-0.3, -0.25) is 0 Å². The summed E-state index contributed by atoms with van der Waals surface area (Å²) in [5.74, 6) is 1.28. The Morgan fingerprint density at radius 2 is 1.67 bits per heavy atom. The van der Waals surface area contributed by atoms with Crippen LogP contribution in [0, 0.1) is 29.6 Å². The molecular formula is C38H58O8. The molecule has 3 atom stereocenters. The molecule has 3 unspecified atom stereocenters. The summed E-state index contributed by atoms with van der Waals surface area (Å²) < 4.78 is 23.0. The average molecular weight is 643 g/mol. The van der Waals surface area contributed by atoms with Crippen molar-refractivity contribution in [2.45, 2.75) is 103 Å². The van der Waals surface area contributed by atoms with Gasteiger partial charge in [0, 0.05) is 11.5 Å². The monoisotopic (exact) mass is 642 g/mol. The van der Waals surface area contributed by atoms with Gasteiger partial charge < -0.3 is 34.3 Å². The molecule has 0 amide bonds. The summed E-state index contributed by atoms with van der Waals surface area (Å²) in [6, 6.07) is 7.28. The Labute approximate surface area is 276 Å². The SMILES string of the molecule is C=C(CO)C(=O)OCC(COC(O)C(=C)CO)C1OCC(C2CCC(CCC3CCc4cc(CCCCC)ccc4C3)CC2)CO1. The molecule has 0 spiro atoms. The minimum Gasteiger partial charge on any atom is -0.462 e. The highest BCUT2D eigenvalue weighted by Gasteiger charge is 2.36. The topological polar surface area (TPSA) is 115 Å². The lowest BCUT2D eigenvalue weighted by atomic mass is 9.73. The van der Waals surface area contributed by atoms with E-state index in [1.807, 2.05) is 0 Å². The summed E-state index contributed by atoms with van der Waals surface area (Å²) in [4.78, 5) is 12.1. The summed E-state index contributed by atoms with van der Waals surface area (Å²) in [5, 5.41) is 28.5. The molecule has 2 fully saturated rings. The van der Waals surface area contributed by atoms with E-state index in [4.69, 9.17) is 24.1 Å². The number of carbonyl (C=O) groups is 1. The summed E-state index contributed by atoms with van der Waals surface area (Å²) in [5.41, 5.74) is 4.78. The number of ether oxygens (including phenoxy) is 4. The van der Waals surface area contributed by atoms with Crippen molar-refractivity contribution < 1.29 is 39.1 Å². The second-order valence-corrected chi connectivity index (χ2v) is 13.9. The molecule has 1 saturated heterocycles. The standard InChI is InChI=1S/C38H58O8/c1-4-5-6-7-29-12-16-33-19-30(13-17-32(33)18-29)9-8-28-10-14-31(15-11-28)34-22-45-38(46-23-34)35(24-43-36(41)26(2)20-39)25-44-37(42)27(3)21-40/h12,16,18,28,30-31,34-36,38-41H,2-11,13-15,17,19-25H2,1H3. The molecule has 1 aromatic carbocycles. The number of hydrogen-bond acceptors (Lipinski definition) is 8. The highest BCUT2D eigenvalue weighted by atomic mass is 16.7. The molecule has 1 saturated carbocycles. The predicted molar refractivity (Wildman–Crippen MR) is 178 cm³/mol. The molecule has 3 aliphatic rings. The van der Waals surface area contributed by atoms with Crippen LogP contribution in [-0.4, -0.2) is 73.5 Å². The zero-order chi connectivity index (χ0) is 32.9. The van der Waals surface area contributed by atoms with Crippen molar-refractivity contribution in [3.05, 3.63) is 59.2 Å². The maximum atomic E-state index is 12.1. The van der Waals surface area contributed by atoms with Gasteiger partial charge >= 0.3 is 5.97 Å². The van der Waals surface area contributed by atoms with Crippen LogP contribution < -0.4 is 0 Å². The van der Waals surface area contributed by atoms with E-state index in [0.717, 1.165) is 11.8 Å². The highest BCUT2D eigenvalue weighted by Crippen LogP contribution is 2.39. The Morgan fingerprint density at radius 3 is 2.37 bits per heavy atom.